The van der Waals surface area contributed by atoms with Crippen molar-refractivity contribution in [1.82, 2.24) is 4.72 Å². The van der Waals surface area contributed by atoms with Crippen LogP contribution in [0.3, 0.4) is 0 Å². The lowest BCUT2D eigenvalue weighted by Gasteiger charge is -2.23. The normalized spacial score (nSPS) is 16.9. The quantitative estimate of drug-likeness (QED) is 0.889. The second kappa shape index (κ2) is 6.61. The van der Waals surface area contributed by atoms with Gasteiger partial charge in [-0.1, -0.05) is 22.0 Å². The standard InChI is InChI=1S/C13H20BrNO2S2/c1-9(15-19(17)13(2,3)4)11-7-6-10(18(5)16)8-12(11)14/h6-9,15H,1-5H3/t9?,18?,19-/m0/s1. The van der Waals surface area contributed by atoms with Crippen molar-refractivity contribution in [1.29, 1.82) is 0 Å². The largest absolute Gasteiger partial charge is 0.255 e. The number of nitrogens with one attached hydrogen (secondary N) is 1. The van der Waals surface area contributed by atoms with Crippen LogP contribution in [0.4, 0.5) is 0 Å². The Morgan fingerprint density at radius 2 is 1.84 bits per heavy atom. The Bertz CT molecular complexity index is 512. The Morgan fingerprint density at radius 3 is 2.26 bits per heavy atom. The molecule has 1 N–H and O–H groups in total. The Hall–Kier alpha value is -0.0400. The van der Waals surface area contributed by atoms with Crippen molar-refractivity contribution in [3.8, 4) is 0 Å². The number of rotatable bonds is 4. The summed E-state index contributed by atoms with van der Waals surface area (Å²) in [4.78, 5) is 0.778. The van der Waals surface area contributed by atoms with Gasteiger partial charge in [0.25, 0.3) is 0 Å². The molecular formula is C13H20BrNO2S2. The van der Waals surface area contributed by atoms with Crippen LogP contribution in [-0.4, -0.2) is 19.4 Å². The summed E-state index contributed by atoms with van der Waals surface area (Å²) in [7, 11) is -2.12. The predicted octanol–water partition coefficient (Wildman–Crippen LogP) is 3.30. The third-order valence-corrected chi connectivity index (χ3v) is 5.89. The Labute approximate surface area is 128 Å². The molecule has 0 spiro atoms. The Morgan fingerprint density at radius 1 is 1.26 bits per heavy atom. The molecule has 1 aromatic carbocycles. The Balaban J connectivity index is 2.92. The van der Waals surface area contributed by atoms with Crippen LogP contribution in [0.1, 0.15) is 39.3 Å². The molecule has 0 radical (unpaired) electrons. The summed E-state index contributed by atoms with van der Waals surface area (Å²) in [6, 6.07) is 5.56. The van der Waals surface area contributed by atoms with Gasteiger partial charge in [0.2, 0.25) is 0 Å². The summed E-state index contributed by atoms with van der Waals surface area (Å²) < 4.78 is 27.2. The van der Waals surface area contributed by atoms with E-state index in [9.17, 15) is 8.42 Å². The van der Waals surface area contributed by atoms with Crippen molar-refractivity contribution in [2.45, 2.75) is 43.4 Å². The Kier molecular flexibility index (Phi) is 5.92. The second-order valence-electron chi connectivity index (χ2n) is 5.36. The van der Waals surface area contributed by atoms with Gasteiger partial charge in [-0.3, -0.25) is 4.21 Å². The van der Waals surface area contributed by atoms with Crippen molar-refractivity contribution in [2.75, 3.05) is 6.26 Å². The molecule has 19 heavy (non-hydrogen) atoms. The zero-order valence-electron chi connectivity index (χ0n) is 11.8. The second-order valence-corrected chi connectivity index (χ2v) is 9.59. The molecule has 0 fully saturated rings. The first-order valence-electron chi connectivity index (χ1n) is 5.94. The van der Waals surface area contributed by atoms with E-state index in [4.69, 9.17) is 0 Å². The van der Waals surface area contributed by atoms with E-state index in [-0.39, 0.29) is 10.8 Å². The fourth-order valence-electron chi connectivity index (χ4n) is 1.44. The lowest BCUT2D eigenvalue weighted by molar-refractivity contribution is 0.615. The minimum absolute atomic E-state index is 0.0474. The maximum Gasteiger partial charge on any atom is 0.0975 e. The van der Waals surface area contributed by atoms with Gasteiger partial charge >= 0.3 is 0 Å². The summed E-state index contributed by atoms with van der Waals surface area (Å²) in [6.45, 7) is 7.76. The van der Waals surface area contributed by atoms with E-state index in [2.05, 4.69) is 20.7 Å². The topological polar surface area (TPSA) is 46.2 Å². The molecule has 0 amide bonds. The van der Waals surface area contributed by atoms with Gasteiger partial charge in [-0.15, -0.1) is 0 Å². The smallest absolute Gasteiger partial charge is 0.0975 e. The zero-order chi connectivity index (χ0) is 14.8. The van der Waals surface area contributed by atoms with E-state index < -0.39 is 21.8 Å². The highest BCUT2D eigenvalue weighted by molar-refractivity contribution is 9.10. The number of benzene rings is 1. The molecule has 1 aromatic rings. The zero-order valence-corrected chi connectivity index (χ0v) is 15.0. The van der Waals surface area contributed by atoms with Crippen molar-refractivity contribution < 1.29 is 8.42 Å². The molecule has 2 unspecified atom stereocenters. The maximum absolute atomic E-state index is 12.1. The molecule has 0 aliphatic rings. The third-order valence-electron chi connectivity index (χ3n) is 2.61. The SMILES string of the molecule is CC(N[S@@](=O)C(C)(C)C)c1ccc(S(C)=O)cc1Br. The van der Waals surface area contributed by atoms with Crippen LogP contribution in [0.25, 0.3) is 0 Å². The highest BCUT2D eigenvalue weighted by Crippen LogP contribution is 2.26. The lowest BCUT2D eigenvalue weighted by Crippen LogP contribution is -2.34. The van der Waals surface area contributed by atoms with Crippen LogP contribution in [0.2, 0.25) is 0 Å². The summed E-state index contributed by atoms with van der Waals surface area (Å²) in [5, 5.41) is 0. The third kappa shape index (κ3) is 4.77. The molecule has 108 valence electrons. The molecule has 0 aliphatic carbocycles. The summed E-state index contributed by atoms with van der Waals surface area (Å²) >= 11 is 3.48. The van der Waals surface area contributed by atoms with Gasteiger partial charge in [0.15, 0.2) is 0 Å². The minimum atomic E-state index is -1.12. The van der Waals surface area contributed by atoms with E-state index >= 15 is 0 Å². The summed E-state index contributed by atoms with van der Waals surface area (Å²) in [6.07, 6.45) is 1.65. The van der Waals surface area contributed by atoms with Gasteiger partial charge in [0, 0.05) is 32.5 Å². The van der Waals surface area contributed by atoms with Gasteiger partial charge in [-0.2, -0.15) is 0 Å². The average molecular weight is 366 g/mol. The van der Waals surface area contributed by atoms with Gasteiger partial charge in [-0.25, -0.2) is 8.93 Å². The highest BCUT2D eigenvalue weighted by atomic mass is 79.9. The molecule has 0 heterocycles. The molecule has 3 atom stereocenters. The molecule has 3 nitrogen and oxygen atoms in total. The summed E-state index contributed by atoms with van der Waals surface area (Å²) in [5.74, 6) is 0. The monoisotopic (exact) mass is 365 g/mol. The van der Waals surface area contributed by atoms with E-state index in [1.165, 1.54) is 0 Å². The van der Waals surface area contributed by atoms with Gasteiger partial charge < -0.3 is 0 Å². The van der Waals surface area contributed by atoms with Crippen LogP contribution >= 0.6 is 15.9 Å². The van der Waals surface area contributed by atoms with E-state index in [1.54, 1.807) is 6.26 Å². The molecular weight excluding hydrogens is 346 g/mol. The first-order chi connectivity index (χ1) is 8.62. The van der Waals surface area contributed by atoms with E-state index in [0.29, 0.717) is 0 Å². The predicted molar refractivity (Wildman–Crippen MR) is 85.9 cm³/mol. The fourth-order valence-corrected chi connectivity index (χ4v) is 3.66. The number of hydrogen-bond donors (Lipinski definition) is 1. The molecule has 0 saturated carbocycles. The van der Waals surface area contributed by atoms with Gasteiger partial charge in [0.05, 0.1) is 15.7 Å². The van der Waals surface area contributed by atoms with Gasteiger partial charge in [0.1, 0.15) is 0 Å². The molecule has 0 bridgehead atoms. The van der Waals surface area contributed by atoms with Gasteiger partial charge in [-0.05, 0) is 45.4 Å². The molecule has 1 rings (SSSR count). The number of halogens is 1. The lowest BCUT2D eigenvalue weighted by atomic mass is 10.1. The van der Waals surface area contributed by atoms with Crippen LogP contribution < -0.4 is 4.72 Å². The first-order valence-corrected chi connectivity index (χ1v) is 9.44. The van der Waals surface area contributed by atoms with Crippen LogP contribution in [-0.2, 0) is 21.8 Å². The van der Waals surface area contributed by atoms with Crippen molar-refractivity contribution >= 4 is 37.7 Å². The summed E-state index contributed by atoms with van der Waals surface area (Å²) in [5.41, 5.74) is 1.01. The molecule has 0 aromatic heterocycles. The molecule has 6 heteroatoms. The maximum atomic E-state index is 12.1. The van der Waals surface area contributed by atoms with Crippen LogP contribution in [0, 0.1) is 0 Å². The van der Waals surface area contributed by atoms with Crippen molar-refractivity contribution in [3.63, 3.8) is 0 Å². The van der Waals surface area contributed by atoms with Crippen molar-refractivity contribution in [2.24, 2.45) is 0 Å². The molecule has 0 aliphatic heterocycles. The first kappa shape index (κ1) is 17.0. The van der Waals surface area contributed by atoms with E-state index in [0.717, 1.165) is 14.9 Å². The van der Waals surface area contributed by atoms with Crippen LogP contribution in [0.15, 0.2) is 27.6 Å². The fraction of sp³-hybridized carbons (Fsp3) is 0.538. The highest BCUT2D eigenvalue weighted by Gasteiger charge is 2.22. The minimum Gasteiger partial charge on any atom is -0.255 e. The number of hydrogen-bond acceptors (Lipinski definition) is 2. The molecule has 0 saturated heterocycles. The average Bonchev–Trinajstić information content (AvgIpc) is 2.26. The van der Waals surface area contributed by atoms with Crippen LogP contribution in [0.5, 0.6) is 0 Å². The van der Waals surface area contributed by atoms with Crippen molar-refractivity contribution in [3.05, 3.63) is 28.2 Å². The van der Waals surface area contributed by atoms with E-state index in [1.807, 2.05) is 45.9 Å².